The fourth-order valence-electron chi connectivity index (χ4n) is 0.432. The molecule has 0 aliphatic heterocycles. The lowest BCUT2D eigenvalue weighted by atomic mass is 10.2. The van der Waals surface area contributed by atoms with E-state index < -0.39 is 9.84 Å². The van der Waals surface area contributed by atoms with Crippen molar-refractivity contribution < 1.29 is 8.42 Å². The molecule has 0 radical (unpaired) electrons. The predicted molar refractivity (Wildman–Crippen MR) is 42.5 cm³/mol. The highest BCUT2D eigenvalue weighted by atomic mass is 32.2. The van der Waals surface area contributed by atoms with Crippen LogP contribution in [0.4, 0.5) is 0 Å². The highest BCUT2D eigenvalue weighted by Gasteiger charge is 2.01. The van der Waals surface area contributed by atoms with Crippen LogP contribution in [0.25, 0.3) is 0 Å². The van der Waals surface area contributed by atoms with E-state index in [-0.39, 0.29) is 5.75 Å². The first-order valence-corrected chi connectivity index (χ1v) is 5.06. The topological polar surface area (TPSA) is 60.2 Å². The average molecular weight is 163 g/mol. The summed E-state index contributed by atoms with van der Waals surface area (Å²) in [7, 11) is -2.85. The lowest BCUT2D eigenvalue weighted by molar-refractivity contribution is 0.601. The summed E-state index contributed by atoms with van der Waals surface area (Å²) in [6, 6.07) is 0. The summed E-state index contributed by atoms with van der Waals surface area (Å²) in [5.41, 5.74) is 5.99. The van der Waals surface area contributed by atoms with Crippen molar-refractivity contribution in [3.05, 3.63) is 12.2 Å². The van der Waals surface area contributed by atoms with E-state index in [0.717, 1.165) is 5.57 Å². The second-order valence-electron chi connectivity index (χ2n) is 2.33. The molecule has 3 nitrogen and oxygen atoms in total. The number of nitrogens with two attached hydrogens (primary N) is 1. The highest BCUT2D eigenvalue weighted by Crippen LogP contribution is 1.97. The molecule has 0 unspecified atom stereocenters. The predicted octanol–water partition coefficient (Wildman–Crippen LogP) is -0.0640. The van der Waals surface area contributed by atoms with Crippen molar-refractivity contribution in [1.29, 1.82) is 0 Å². The van der Waals surface area contributed by atoms with Crippen molar-refractivity contribution in [2.24, 2.45) is 5.73 Å². The Morgan fingerprint density at radius 1 is 1.60 bits per heavy atom. The summed E-state index contributed by atoms with van der Waals surface area (Å²) < 4.78 is 21.1. The smallest absolute Gasteiger partial charge is 0.147 e. The van der Waals surface area contributed by atoms with Crippen molar-refractivity contribution in [3.8, 4) is 0 Å². The second kappa shape index (κ2) is 3.73. The molecule has 0 aliphatic rings. The number of sulfone groups is 1. The maximum absolute atomic E-state index is 10.6. The van der Waals surface area contributed by atoms with Crippen LogP contribution in [0.3, 0.4) is 0 Å². The number of hydrogen-bond donors (Lipinski definition) is 1. The third-order valence-corrected chi connectivity index (χ3v) is 2.06. The van der Waals surface area contributed by atoms with Gasteiger partial charge in [-0.05, 0) is 6.42 Å². The zero-order valence-corrected chi connectivity index (χ0v) is 6.95. The largest absolute Gasteiger partial charge is 0.327 e. The van der Waals surface area contributed by atoms with Crippen LogP contribution in [-0.4, -0.2) is 27.0 Å². The molecule has 10 heavy (non-hydrogen) atoms. The van der Waals surface area contributed by atoms with Crippen molar-refractivity contribution in [2.75, 3.05) is 18.6 Å². The van der Waals surface area contributed by atoms with E-state index >= 15 is 0 Å². The highest BCUT2D eigenvalue weighted by molar-refractivity contribution is 7.90. The van der Waals surface area contributed by atoms with Gasteiger partial charge in [-0.25, -0.2) is 8.42 Å². The van der Waals surface area contributed by atoms with Gasteiger partial charge < -0.3 is 5.73 Å². The fourth-order valence-corrected chi connectivity index (χ4v) is 1.09. The van der Waals surface area contributed by atoms with Gasteiger partial charge in [-0.2, -0.15) is 0 Å². The summed E-state index contributed by atoms with van der Waals surface area (Å²) in [5.74, 6) is 0.156. The zero-order valence-electron chi connectivity index (χ0n) is 6.13. The molecule has 0 aromatic heterocycles. The molecule has 0 aliphatic carbocycles. The first kappa shape index (κ1) is 9.65. The van der Waals surface area contributed by atoms with Crippen LogP contribution in [0.1, 0.15) is 6.42 Å². The molecule has 0 fully saturated rings. The standard InChI is InChI=1S/C6H13NO2S/c1-6(5-7)3-4-10(2,8)9/h1,3-5,7H2,2H3. The van der Waals surface area contributed by atoms with E-state index in [4.69, 9.17) is 5.73 Å². The van der Waals surface area contributed by atoms with Gasteiger partial charge in [-0.1, -0.05) is 12.2 Å². The normalized spacial score (nSPS) is 11.4. The SMILES string of the molecule is C=C(CN)CCS(C)(=O)=O. The van der Waals surface area contributed by atoms with E-state index in [9.17, 15) is 8.42 Å². The third-order valence-electron chi connectivity index (χ3n) is 1.12. The van der Waals surface area contributed by atoms with Gasteiger partial charge in [0.15, 0.2) is 0 Å². The summed E-state index contributed by atoms with van der Waals surface area (Å²) in [4.78, 5) is 0. The molecule has 60 valence electrons. The molecular weight excluding hydrogens is 150 g/mol. The average Bonchev–Trinajstić information content (AvgIpc) is 1.81. The van der Waals surface area contributed by atoms with E-state index in [2.05, 4.69) is 6.58 Å². The van der Waals surface area contributed by atoms with Crippen LogP contribution >= 0.6 is 0 Å². The maximum atomic E-state index is 10.6. The van der Waals surface area contributed by atoms with Gasteiger partial charge in [0, 0.05) is 12.8 Å². The van der Waals surface area contributed by atoms with E-state index in [1.165, 1.54) is 6.26 Å². The van der Waals surface area contributed by atoms with Crippen molar-refractivity contribution in [2.45, 2.75) is 6.42 Å². The van der Waals surface area contributed by atoms with Gasteiger partial charge in [-0.3, -0.25) is 0 Å². The van der Waals surface area contributed by atoms with Gasteiger partial charge in [0.2, 0.25) is 0 Å². The summed E-state index contributed by atoms with van der Waals surface area (Å²) in [6.07, 6.45) is 1.69. The Labute approximate surface area is 61.8 Å². The Bertz CT molecular complexity index is 206. The van der Waals surface area contributed by atoms with E-state index in [1.807, 2.05) is 0 Å². The number of rotatable bonds is 4. The van der Waals surface area contributed by atoms with Crippen LogP contribution < -0.4 is 5.73 Å². The Morgan fingerprint density at radius 3 is 2.40 bits per heavy atom. The molecule has 0 aromatic carbocycles. The Hall–Kier alpha value is -0.350. The minimum absolute atomic E-state index is 0.156. The Morgan fingerprint density at radius 2 is 2.10 bits per heavy atom. The van der Waals surface area contributed by atoms with E-state index in [0.29, 0.717) is 13.0 Å². The molecule has 0 bridgehead atoms. The van der Waals surface area contributed by atoms with Gasteiger partial charge in [0.25, 0.3) is 0 Å². The van der Waals surface area contributed by atoms with Gasteiger partial charge in [-0.15, -0.1) is 0 Å². The fraction of sp³-hybridized carbons (Fsp3) is 0.667. The van der Waals surface area contributed by atoms with Crippen LogP contribution in [0.2, 0.25) is 0 Å². The third kappa shape index (κ3) is 5.78. The molecule has 0 atom stereocenters. The zero-order chi connectivity index (χ0) is 8.20. The molecule has 0 spiro atoms. The second-order valence-corrected chi connectivity index (χ2v) is 4.59. The molecular formula is C6H13NO2S. The molecule has 0 aromatic rings. The summed E-state index contributed by atoms with van der Waals surface area (Å²) in [5, 5.41) is 0. The summed E-state index contributed by atoms with van der Waals surface area (Å²) in [6.45, 7) is 3.96. The van der Waals surface area contributed by atoms with Crippen LogP contribution in [0, 0.1) is 0 Å². The lowest BCUT2D eigenvalue weighted by Gasteiger charge is -1.98. The first-order valence-electron chi connectivity index (χ1n) is 3.00. The molecule has 0 amide bonds. The maximum Gasteiger partial charge on any atom is 0.147 e. The molecule has 0 heterocycles. The molecule has 2 N–H and O–H groups in total. The molecule has 0 rings (SSSR count). The first-order chi connectivity index (χ1) is 4.45. The van der Waals surface area contributed by atoms with Crippen LogP contribution in [-0.2, 0) is 9.84 Å². The molecule has 0 saturated carbocycles. The van der Waals surface area contributed by atoms with Crippen LogP contribution in [0.5, 0.6) is 0 Å². The van der Waals surface area contributed by atoms with E-state index in [1.54, 1.807) is 0 Å². The monoisotopic (exact) mass is 163 g/mol. The van der Waals surface area contributed by atoms with Gasteiger partial charge >= 0.3 is 0 Å². The quantitative estimate of drug-likeness (QED) is 0.590. The minimum Gasteiger partial charge on any atom is -0.327 e. The Kier molecular flexibility index (Phi) is 3.60. The van der Waals surface area contributed by atoms with Crippen LogP contribution in [0.15, 0.2) is 12.2 Å². The van der Waals surface area contributed by atoms with Crippen molar-refractivity contribution in [3.63, 3.8) is 0 Å². The van der Waals surface area contributed by atoms with Gasteiger partial charge in [0.05, 0.1) is 5.75 Å². The number of hydrogen-bond acceptors (Lipinski definition) is 3. The van der Waals surface area contributed by atoms with Gasteiger partial charge in [0.1, 0.15) is 9.84 Å². The van der Waals surface area contributed by atoms with Crippen molar-refractivity contribution in [1.82, 2.24) is 0 Å². The van der Waals surface area contributed by atoms with Crippen molar-refractivity contribution >= 4 is 9.84 Å². The molecule has 0 saturated heterocycles. The summed E-state index contributed by atoms with van der Waals surface area (Å²) >= 11 is 0. The Balaban J connectivity index is 3.67. The lowest BCUT2D eigenvalue weighted by Crippen LogP contribution is -2.08. The molecule has 4 heteroatoms. The minimum atomic E-state index is -2.85.